The molecule has 44 heavy (non-hydrogen) atoms. The molecule has 0 saturated heterocycles. The zero-order chi connectivity index (χ0) is 34.3. The topological polar surface area (TPSA) is 38.7 Å². The van der Waals surface area contributed by atoms with Gasteiger partial charge in [0.15, 0.2) is 17.5 Å². The van der Waals surface area contributed by atoms with Gasteiger partial charge >= 0.3 is 0 Å². The maximum atomic E-state index is 9.47. The molecule has 0 fully saturated rings. The van der Waals surface area contributed by atoms with E-state index in [0.29, 0.717) is 37.6 Å². The molecule has 3 heterocycles. The molecule has 206 valence electrons. The quantitative estimate of drug-likeness (QED) is 0.201. The van der Waals surface area contributed by atoms with Crippen LogP contribution in [-0.2, 0) is 0 Å². The van der Waals surface area contributed by atoms with E-state index < -0.39 is 0 Å². The first-order valence-electron chi connectivity index (χ1n) is 17.0. The molecular weight excluding hydrogens is 575 g/mol. The number of hydrogen-bond acceptors (Lipinski definition) is 5. The van der Waals surface area contributed by atoms with E-state index in [1.165, 1.54) is 21.4 Å². The van der Waals surface area contributed by atoms with Crippen molar-refractivity contribution >= 4 is 63.0 Å². The first-order valence-corrected chi connectivity index (χ1v) is 15.7. The summed E-state index contributed by atoms with van der Waals surface area (Å²) in [7, 11) is 0. The van der Waals surface area contributed by atoms with Crippen LogP contribution in [-0.4, -0.2) is 15.0 Å². The number of aromatic nitrogens is 3. The fourth-order valence-electron chi connectivity index (χ4n) is 5.53. The minimum absolute atomic E-state index is 0.0465. The summed E-state index contributed by atoms with van der Waals surface area (Å²) in [4.78, 5) is 14.5. The molecular formula is C39H23N3S2. The second-order valence-electron chi connectivity index (χ2n) is 10.4. The lowest BCUT2D eigenvalue weighted by Crippen LogP contribution is -2.00. The molecule has 0 saturated carbocycles. The van der Waals surface area contributed by atoms with Crippen LogP contribution < -0.4 is 0 Å². The number of nitrogens with zero attached hydrogens (tertiary/aromatic N) is 3. The Morgan fingerprint density at radius 3 is 1.95 bits per heavy atom. The van der Waals surface area contributed by atoms with E-state index in [2.05, 4.69) is 24.3 Å². The zero-order valence-electron chi connectivity index (χ0n) is 29.0. The molecule has 0 N–H and O–H groups in total. The number of thiophene rings is 2. The molecule has 0 aliphatic carbocycles. The molecule has 0 aliphatic rings. The summed E-state index contributed by atoms with van der Waals surface area (Å²) < 4.78 is 57.4. The molecule has 0 radical (unpaired) electrons. The van der Waals surface area contributed by atoms with Gasteiger partial charge in [0.2, 0.25) is 0 Å². The second kappa shape index (κ2) is 10.2. The van der Waals surface area contributed by atoms with Crippen LogP contribution >= 0.6 is 22.7 Å². The minimum Gasteiger partial charge on any atom is -0.208 e. The minimum atomic E-state index is -0.261. The Morgan fingerprint density at radius 1 is 0.455 bits per heavy atom. The highest BCUT2D eigenvalue weighted by Gasteiger charge is 2.16. The van der Waals surface area contributed by atoms with Crippen molar-refractivity contribution in [2.75, 3.05) is 0 Å². The fourth-order valence-corrected chi connectivity index (χ4v) is 7.82. The maximum Gasteiger partial charge on any atom is 0.164 e. The highest BCUT2D eigenvalue weighted by molar-refractivity contribution is 7.26. The van der Waals surface area contributed by atoms with Gasteiger partial charge < -0.3 is 0 Å². The van der Waals surface area contributed by atoms with E-state index in [9.17, 15) is 4.11 Å². The molecule has 0 aliphatic heterocycles. The van der Waals surface area contributed by atoms with Crippen LogP contribution in [0.4, 0.5) is 0 Å². The van der Waals surface area contributed by atoms with Crippen LogP contribution in [0.25, 0.3) is 85.6 Å². The van der Waals surface area contributed by atoms with Crippen molar-refractivity contribution < 1.29 is 8.22 Å². The van der Waals surface area contributed by atoms with Crippen LogP contribution in [0.15, 0.2) is 139 Å². The van der Waals surface area contributed by atoms with Crippen LogP contribution in [0, 0.1) is 0 Å². The van der Waals surface area contributed by atoms with Gasteiger partial charge in [0.05, 0.1) is 8.22 Å². The second-order valence-corrected chi connectivity index (χ2v) is 12.5. The molecule has 0 unspecified atom stereocenters. The van der Waals surface area contributed by atoms with Gasteiger partial charge in [0.25, 0.3) is 0 Å². The standard InChI is InChI=1S/C39H23N3S2/c1-3-10-24(11-4-1)28-15-9-16-32-31-21-19-27(23-35(31)44-36(28)32)39-41-37(25-12-5-2-6-13-25)40-38(42-39)26-18-20-30-29-14-7-8-17-33(29)43-34(30)22-26/h1-23H/i9D,15D,16D,19D,21D,23D. The average molecular weight is 604 g/mol. The lowest BCUT2D eigenvalue weighted by Gasteiger charge is -2.09. The van der Waals surface area contributed by atoms with E-state index in [1.54, 1.807) is 11.3 Å². The highest BCUT2D eigenvalue weighted by atomic mass is 32.1. The van der Waals surface area contributed by atoms with Crippen molar-refractivity contribution in [2.45, 2.75) is 0 Å². The Kier molecular flexibility index (Phi) is 4.60. The molecule has 0 amide bonds. The summed E-state index contributed by atoms with van der Waals surface area (Å²) in [6, 6.07) is 32.1. The Bertz CT molecular complexity index is 2840. The van der Waals surface area contributed by atoms with Crippen molar-refractivity contribution in [3.05, 3.63) is 139 Å². The van der Waals surface area contributed by atoms with Crippen molar-refractivity contribution in [3.63, 3.8) is 0 Å². The van der Waals surface area contributed by atoms with Gasteiger partial charge in [-0.1, -0.05) is 121 Å². The van der Waals surface area contributed by atoms with Crippen molar-refractivity contribution in [1.82, 2.24) is 15.0 Å². The molecule has 3 aromatic heterocycles. The van der Waals surface area contributed by atoms with Crippen LogP contribution in [0.3, 0.4) is 0 Å². The van der Waals surface area contributed by atoms with Gasteiger partial charge in [0.1, 0.15) is 0 Å². The van der Waals surface area contributed by atoms with E-state index in [4.69, 9.17) is 19.1 Å². The molecule has 9 rings (SSSR count). The third kappa shape index (κ3) is 4.21. The highest BCUT2D eigenvalue weighted by Crippen LogP contribution is 2.41. The normalized spacial score (nSPS) is 13.5. The predicted molar refractivity (Wildman–Crippen MR) is 187 cm³/mol. The molecule has 6 aromatic carbocycles. The van der Waals surface area contributed by atoms with Crippen LogP contribution in [0.5, 0.6) is 0 Å². The van der Waals surface area contributed by atoms with E-state index in [1.807, 2.05) is 78.9 Å². The number of hydrogen-bond donors (Lipinski definition) is 0. The summed E-state index contributed by atoms with van der Waals surface area (Å²) in [5.74, 6) is 0.860. The zero-order valence-corrected chi connectivity index (χ0v) is 24.6. The van der Waals surface area contributed by atoms with Crippen molar-refractivity contribution in [2.24, 2.45) is 0 Å². The van der Waals surface area contributed by atoms with E-state index in [0.717, 1.165) is 21.2 Å². The van der Waals surface area contributed by atoms with Gasteiger partial charge in [-0.15, -0.1) is 22.7 Å². The number of rotatable bonds is 4. The Hall–Kier alpha value is -5.23. The first-order chi connectivity index (χ1) is 24.3. The monoisotopic (exact) mass is 603 g/mol. The van der Waals surface area contributed by atoms with Gasteiger partial charge in [-0.25, -0.2) is 15.0 Å². The molecule has 0 bridgehead atoms. The summed E-state index contributed by atoms with van der Waals surface area (Å²) in [5, 5.41) is 2.88. The van der Waals surface area contributed by atoms with Crippen molar-refractivity contribution in [1.29, 1.82) is 0 Å². The smallest absolute Gasteiger partial charge is 0.164 e. The molecule has 3 nitrogen and oxygen atoms in total. The Balaban J connectivity index is 1.32. The third-order valence-electron chi connectivity index (χ3n) is 7.65. The van der Waals surface area contributed by atoms with E-state index >= 15 is 0 Å². The lowest BCUT2D eigenvalue weighted by atomic mass is 10.0. The number of fused-ring (bicyclic) bond motifs is 6. The molecule has 0 spiro atoms. The van der Waals surface area contributed by atoms with Gasteiger partial charge in [-0.2, -0.15) is 0 Å². The SMILES string of the molecule is [2H]c1c([2H])c([2H])c2c(sc3c([2H])c(-c4nc(-c5ccccc5)nc(-c5ccc6c(c5)sc5ccccc56)n4)c([2H])c([2H])c32)c1-c1ccccc1. The Morgan fingerprint density at radius 2 is 1.14 bits per heavy atom. The van der Waals surface area contributed by atoms with Crippen LogP contribution in [0.1, 0.15) is 8.22 Å². The van der Waals surface area contributed by atoms with Gasteiger partial charge in [-0.05, 0) is 29.3 Å². The predicted octanol–water partition coefficient (Wildman–Crippen LogP) is 11.3. The summed E-state index contributed by atoms with van der Waals surface area (Å²) in [5.41, 5.74) is 2.76. The summed E-state index contributed by atoms with van der Waals surface area (Å²) >= 11 is 2.89. The lowest BCUT2D eigenvalue weighted by molar-refractivity contribution is 1.08. The third-order valence-corrected chi connectivity index (χ3v) is 9.91. The van der Waals surface area contributed by atoms with Gasteiger partial charge in [0, 0.05) is 57.0 Å². The molecule has 5 heteroatoms. The maximum absolute atomic E-state index is 9.47. The summed E-state index contributed by atoms with van der Waals surface area (Å²) in [6.07, 6.45) is 0. The molecule has 9 aromatic rings. The summed E-state index contributed by atoms with van der Waals surface area (Å²) in [6.45, 7) is 0. The Labute approximate surface area is 270 Å². The fraction of sp³-hybridized carbons (Fsp3) is 0. The number of benzene rings is 6. The average Bonchev–Trinajstić information content (AvgIpc) is 3.73. The van der Waals surface area contributed by atoms with Crippen LogP contribution in [0.2, 0.25) is 0 Å². The van der Waals surface area contributed by atoms with Crippen molar-refractivity contribution in [3.8, 4) is 45.3 Å². The largest absolute Gasteiger partial charge is 0.208 e. The van der Waals surface area contributed by atoms with E-state index in [-0.39, 0.29) is 53.0 Å². The molecule has 0 atom stereocenters. The van der Waals surface area contributed by atoms with Gasteiger partial charge in [-0.3, -0.25) is 0 Å². The first kappa shape index (κ1) is 19.9.